The first-order chi connectivity index (χ1) is 24.0. The lowest BCUT2D eigenvalue weighted by molar-refractivity contribution is 0.0456. The first kappa shape index (κ1) is 34.6. The standard InChI is InChI=1S/C37H44ClN5O6S/c1-23-6-4-8-32(44)28-12-9-26(28)18-43-21-37(15-5-7-24-16-27(38)11-13-30(24)37)22-49-33-14-10-25(17-31(33)43)34(45)40-50(47,20-23)41-35(46)29-19-42(2)39-36(29)48-3/h4,8,10-11,13-14,16-17,19,23,26,28,32,44H,5-7,9,12,15,18,20-22H2,1-3H3,(H,40,41,45,46,47)/b8-4+/t23-,26-,28+,32+,37-,50?/m0/s1. The van der Waals surface area contributed by atoms with Crippen LogP contribution in [-0.2, 0) is 28.8 Å². The van der Waals surface area contributed by atoms with Gasteiger partial charge in [-0.05, 0) is 97.7 Å². The fraction of sp³-hybridized carbons (Fsp3) is 0.486. The lowest BCUT2D eigenvalue weighted by Gasteiger charge is -2.45. The van der Waals surface area contributed by atoms with Crippen molar-refractivity contribution in [1.82, 2.24) is 14.5 Å². The van der Waals surface area contributed by atoms with E-state index in [0.717, 1.165) is 42.8 Å². The molecule has 3 aromatic rings. The first-order valence-corrected chi connectivity index (χ1v) is 19.4. The van der Waals surface area contributed by atoms with Gasteiger partial charge in [-0.3, -0.25) is 19.0 Å². The summed E-state index contributed by atoms with van der Waals surface area (Å²) in [7, 11) is -0.584. The molecule has 1 fully saturated rings. The zero-order valence-electron chi connectivity index (χ0n) is 28.6. The molecule has 0 saturated heterocycles. The van der Waals surface area contributed by atoms with E-state index in [2.05, 4.69) is 31.2 Å². The number of ether oxygens (including phenoxy) is 2. The molecule has 3 heterocycles. The number of carbonyl (C=O) groups is 2. The number of fused-ring (bicyclic) bond motifs is 4. The molecule has 2 amide bonds. The number of methoxy groups -OCH3 is 1. The quantitative estimate of drug-likeness (QED) is 0.339. The Morgan fingerprint density at radius 2 is 2.06 bits per heavy atom. The zero-order valence-corrected chi connectivity index (χ0v) is 30.2. The maximum atomic E-state index is 14.5. The molecule has 1 spiro atoms. The summed E-state index contributed by atoms with van der Waals surface area (Å²) < 4.78 is 34.5. The molecular formula is C37H44ClN5O6S. The van der Waals surface area contributed by atoms with E-state index in [4.69, 9.17) is 21.1 Å². The van der Waals surface area contributed by atoms with Crippen LogP contribution in [0.15, 0.2) is 59.1 Å². The highest BCUT2D eigenvalue weighted by Gasteiger charge is 2.44. The molecule has 2 aliphatic heterocycles. The molecular weight excluding hydrogens is 678 g/mol. The van der Waals surface area contributed by atoms with Gasteiger partial charge in [0.25, 0.3) is 11.8 Å². The van der Waals surface area contributed by atoms with Crippen LogP contribution in [0.4, 0.5) is 5.69 Å². The summed E-state index contributed by atoms with van der Waals surface area (Å²) in [6, 6.07) is 11.4. The third-order valence-electron chi connectivity index (χ3n) is 10.8. The summed E-state index contributed by atoms with van der Waals surface area (Å²) in [5.41, 5.74) is 3.26. The molecule has 1 unspecified atom stereocenters. The van der Waals surface area contributed by atoms with Crippen molar-refractivity contribution in [3.05, 3.63) is 82.0 Å². The van der Waals surface area contributed by atoms with E-state index in [9.17, 15) is 18.9 Å². The van der Waals surface area contributed by atoms with E-state index in [0.29, 0.717) is 31.9 Å². The summed E-state index contributed by atoms with van der Waals surface area (Å²) in [4.78, 5) is 29.7. The topological polar surface area (TPSA) is 135 Å². The predicted molar refractivity (Wildman–Crippen MR) is 192 cm³/mol. The minimum atomic E-state index is -3.62. The first-order valence-electron chi connectivity index (χ1n) is 17.3. The van der Waals surface area contributed by atoms with E-state index in [1.807, 2.05) is 25.1 Å². The van der Waals surface area contributed by atoms with Crippen molar-refractivity contribution in [2.75, 3.05) is 37.5 Å². The van der Waals surface area contributed by atoms with Crippen LogP contribution in [0.5, 0.6) is 11.6 Å². The third kappa shape index (κ3) is 6.77. The number of halogens is 1. The number of nitrogens with zero attached hydrogens (tertiary/aromatic N) is 4. The lowest BCUT2D eigenvalue weighted by atomic mass is 9.68. The Bertz CT molecular complexity index is 1970. The number of aliphatic hydroxyl groups is 1. The summed E-state index contributed by atoms with van der Waals surface area (Å²) in [5.74, 6) is -0.648. The van der Waals surface area contributed by atoms with Gasteiger partial charge in [0.05, 0.1) is 31.3 Å². The molecule has 4 aliphatic rings. The Balaban J connectivity index is 1.30. The van der Waals surface area contributed by atoms with Gasteiger partial charge in [-0.25, -0.2) is 4.21 Å². The van der Waals surface area contributed by atoms with Gasteiger partial charge in [0, 0.05) is 42.3 Å². The highest BCUT2D eigenvalue weighted by Crippen LogP contribution is 2.47. The number of allylic oxidation sites excluding steroid dienone is 1. The van der Waals surface area contributed by atoms with Gasteiger partial charge in [-0.15, -0.1) is 9.46 Å². The van der Waals surface area contributed by atoms with Crippen LogP contribution in [0.1, 0.15) is 70.9 Å². The van der Waals surface area contributed by atoms with Crippen molar-refractivity contribution in [2.45, 2.75) is 57.0 Å². The molecule has 50 heavy (non-hydrogen) atoms. The number of rotatable bonds is 3. The van der Waals surface area contributed by atoms with E-state index < -0.39 is 27.8 Å². The molecule has 7 rings (SSSR count). The predicted octanol–water partition coefficient (Wildman–Crippen LogP) is 5.49. The number of aryl methyl sites for hydroxylation is 2. The van der Waals surface area contributed by atoms with Gasteiger partial charge < -0.3 is 19.5 Å². The van der Waals surface area contributed by atoms with E-state index in [1.165, 1.54) is 29.1 Å². The maximum Gasteiger partial charge on any atom is 0.286 e. The Morgan fingerprint density at radius 1 is 1.22 bits per heavy atom. The molecule has 1 saturated carbocycles. The van der Waals surface area contributed by atoms with Crippen molar-refractivity contribution >= 4 is 39.0 Å². The smallest absolute Gasteiger partial charge is 0.286 e. The Kier molecular flexibility index (Phi) is 9.46. The van der Waals surface area contributed by atoms with Crippen LogP contribution in [-0.4, -0.2) is 69.6 Å². The number of carbonyl (C=O) groups excluding carboxylic acids is 2. The second-order valence-electron chi connectivity index (χ2n) is 14.4. The molecule has 1 aromatic heterocycles. The van der Waals surface area contributed by atoms with Gasteiger partial charge in [0.2, 0.25) is 5.88 Å². The zero-order chi connectivity index (χ0) is 35.2. The van der Waals surface area contributed by atoms with Crippen LogP contribution in [0, 0.1) is 17.8 Å². The van der Waals surface area contributed by atoms with Crippen LogP contribution < -0.4 is 19.1 Å². The van der Waals surface area contributed by atoms with Crippen molar-refractivity contribution in [3.63, 3.8) is 0 Å². The minimum Gasteiger partial charge on any atom is -0.490 e. The average molecular weight is 722 g/mol. The number of nitrogens with one attached hydrogen (secondary N) is 1. The van der Waals surface area contributed by atoms with Gasteiger partial charge in [-0.1, -0.05) is 36.7 Å². The SMILES string of the molecule is COc1nn(C)cc1C(=O)NS1(=O)=NC(=O)c2ccc3c(c2)N(C[C@@H]2CC[C@H]2[C@H](O)/C=C/C[C@H](C)C1)C[C@@]1(CCCc2cc(Cl)ccc21)CO3. The van der Waals surface area contributed by atoms with Crippen LogP contribution in [0.3, 0.4) is 0 Å². The number of anilines is 1. The molecule has 2 aliphatic carbocycles. The molecule has 2 bridgehead atoms. The Labute approximate surface area is 298 Å². The average Bonchev–Trinajstić information content (AvgIpc) is 3.37. The fourth-order valence-electron chi connectivity index (χ4n) is 8.11. The summed E-state index contributed by atoms with van der Waals surface area (Å²) in [6.45, 7) is 3.70. The molecule has 2 aromatic carbocycles. The minimum absolute atomic E-state index is 0.0686. The molecule has 11 nitrogen and oxygen atoms in total. The van der Waals surface area contributed by atoms with E-state index in [1.54, 1.807) is 25.2 Å². The normalized spacial score (nSPS) is 30.1. The van der Waals surface area contributed by atoms with Crippen LogP contribution >= 0.6 is 11.6 Å². The molecule has 266 valence electrons. The van der Waals surface area contributed by atoms with Gasteiger partial charge in [-0.2, -0.15) is 0 Å². The largest absolute Gasteiger partial charge is 0.490 e. The number of hydrogen-bond donors (Lipinski definition) is 2. The van der Waals surface area contributed by atoms with Crippen molar-refractivity contribution in [1.29, 1.82) is 0 Å². The summed E-state index contributed by atoms with van der Waals surface area (Å²) in [6.07, 6.45) is 9.87. The van der Waals surface area contributed by atoms with Crippen molar-refractivity contribution in [3.8, 4) is 11.6 Å². The van der Waals surface area contributed by atoms with Crippen LogP contribution in [0.2, 0.25) is 5.02 Å². The number of aromatic nitrogens is 2. The number of amides is 2. The van der Waals surface area contributed by atoms with Gasteiger partial charge in [0.15, 0.2) is 0 Å². The molecule has 0 radical (unpaired) electrons. The Hall–Kier alpha value is -3.87. The third-order valence-corrected chi connectivity index (χ3v) is 13.0. The van der Waals surface area contributed by atoms with Gasteiger partial charge >= 0.3 is 0 Å². The molecule has 13 heteroatoms. The second-order valence-corrected chi connectivity index (χ2v) is 16.8. The monoisotopic (exact) mass is 721 g/mol. The summed E-state index contributed by atoms with van der Waals surface area (Å²) in [5, 5.41) is 16.2. The van der Waals surface area contributed by atoms with E-state index in [-0.39, 0.29) is 45.9 Å². The Morgan fingerprint density at radius 3 is 2.84 bits per heavy atom. The number of hydrogen-bond acceptors (Lipinski definition) is 8. The van der Waals surface area contributed by atoms with Gasteiger partial charge in [0.1, 0.15) is 21.2 Å². The second kappa shape index (κ2) is 13.7. The van der Waals surface area contributed by atoms with Crippen LogP contribution in [0.25, 0.3) is 0 Å². The maximum absolute atomic E-state index is 14.5. The molecule has 2 N–H and O–H groups in total. The van der Waals surface area contributed by atoms with Crippen molar-refractivity contribution < 1.29 is 28.4 Å². The number of aliphatic hydroxyl groups excluding tert-OH is 1. The summed E-state index contributed by atoms with van der Waals surface area (Å²) >= 11 is 6.43. The van der Waals surface area contributed by atoms with E-state index >= 15 is 0 Å². The molecule has 6 atom stereocenters. The number of benzene rings is 2. The van der Waals surface area contributed by atoms with Crippen molar-refractivity contribution in [2.24, 2.45) is 29.2 Å². The highest BCUT2D eigenvalue weighted by molar-refractivity contribution is 7.92. The highest BCUT2D eigenvalue weighted by atomic mass is 35.5. The lowest BCUT2D eigenvalue weighted by Crippen LogP contribution is -2.49. The fourth-order valence-corrected chi connectivity index (χ4v) is 10.2.